The zero-order valence-corrected chi connectivity index (χ0v) is 17.9. The molecule has 1 aliphatic rings. The van der Waals surface area contributed by atoms with Crippen LogP contribution in [0.3, 0.4) is 0 Å². The zero-order valence-electron chi connectivity index (χ0n) is 16.3. The molecule has 4 aromatic rings. The van der Waals surface area contributed by atoms with Crippen molar-refractivity contribution in [1.82, 2.24) is 15.0 Å². The van der Waals surface area contributed by atoms with Crippen molar-refractivity contribution in [2.75, 3.05) is 6.54 Å². The zero-order chi connectivity index (χ0) is 20.7. The number of hydrazone groups is 1. The van der Waals surface area contributed by atoms with E-state index in [1.54, 1.807) is 4.57 Å². The molecule has 1 N–H and O–H groups in total. The lowest BCUT2D eigenvalue weighted by Gasteiger charge is -2.17. The Kier molecular flexibility index (Phi) is 4.71. The highest BCUT2D eigenvalue weighted by atomic mass is 79.9. The van der Waals surface area contributed by atoms with E-state index in [9.17, 15) is 4.79 Å². The number of rotatable bonds is 3. The van der Waals surface area contributed by atoms with Crippen LogP contribution in [-0.4, -0.2) is 21.8 Å². The molecule has 0 radical (unpaired) electrons. The van der Waals surface area contributed by atoms with Crippen LogP contribution >= 0.6 is 15.9 Å². The highest BCUT2D eigenvalue weighted by molar-refractivity contribution is 9.10. The van der Waals surface area contributed by atoms with Gasteiger partial charge in [-0.25, -0.2) is 4.98 Å². The fourth-order valence-corrected chi connectivity index (χ4v) is 4.08. The third-order valence-electron chi connectivity index (χ3n) is 5.39. The Labute approximate surface area is 182 Å². The molecule has 1 aromatic heterocycles. The number of benzene rings is 3. The van der Waals surface area contributed by atoms with Crippen molar-refractivity contribution in [3.8, 4) is 5.69 Å². The minimum Gasteiger partial charge on any atom is -0.309 e. The number of nitrogens with one attached hydrogen (secondary N) is 1. The van der Waals surface area contributed by atoms with Crippen LogP contribution < -0.4 is 11.0 Å². The van der Waals surface area contributed by atoms with E-state index >= 15 is 0 Å². The van der Waals surface area contributed by atoms with Crippen molar-refractivity contribution in [3.63, 3.8) is 0 Å². The molecule has 0 saturated heterocycles. The number of para-hydroxylation sites is 1. The first-order chi connectivity index (χ1) is 14.6. The monoisotopic (exact) mass is 458 g/mol. The summed E-state index contributed by atoms with van der Waals surface area (Å²) in [6.07, 6.45) is 0. The predicted octanol–water partition coefficient (Wildman–Crippen LogP) is 4.55. The SMILES string of the molecule is Cc1ccc(C2CNN=C2c2nc3ccccc3c(=O)n2-c2ccc(Br)cc2)cc1. The summed E-state index contributed by atoms with van der Waals surface area (Å²) in [6.45, 7) is 2.74. The molecule has 6 heteroatoms. The van der Waals surface area contributed by atoms with E-state index in [1.807, 2.05) is 48.5 Å². The van der Waals surface area contributed by atoms with Gasteiger partial charge in [-0.2, -0.15) is 5.10 Å². The number of hydrogen-bond acceptors (Lipinski definition) is 4. The quantitative estimate of drug-likeness (QED) is 0.489. The molecule has 2 heterocycles. The van der Waals surface area contributed by atoms with Crippen LogP contribution in [-0.2, 0) is 0 Å². The highest BCUT2D eigenvalue weighted by Crippen LogP contribution is 2.26. The second kappa shape index (κ2) is 7.54. The second-order valence-electron chi connectivity index (χ2n) is 7.39. The Morgan fingerprint density at radius 2 is 1.73 bits per heavy atom. The maximum absolute atomic E-state index is 13.5. The third kappa shape index (κ3) is 3.23. The second-order valence-corrected chi connectivity index (χ2v) is 8.31. The van der Waals surface area contributed by atoms with Gasteiger partial charge >= 0.3 is 0 Å². The van der Waals surface area contributed by atoms with Crippen molar-refractivity contribution in [3.05, 3.63) is 105 Å². The van der Waals surface area contributed by atoms with Crippen LogP contribution in [0.25, 0.3) is 16.6 Å². The number of halogens is 1. The summed E-state index contributed by atoms with van der Waals surface area (Å²) >= 11 is 3.47. The van der Waals surface area contributed by atoms with Gasteiger partial charge in [0.25, 0.3) is 5.56 Å². The largest absolute Gasteiger partial charge is 0.309 e. The Bertz CT molecular complexity index is 1320. The molecule has 30 heavy (non-hydrogen) atoms. The molecule has 1 atom stereocenters. The smallest absolute Gasteiger partial charge is 0.266 e. The third-order valence-corrected chi connectivity index (χ3v) is 5.92. The number of fused-ring (bicyclic) bond motifs is 1. The van der Waals surface area contributed by atoms with Gasteiger partial charge in [-0.15, -0.1) is 0 Å². The van der Waals surface area contributed by atoms with Gasteiger partial charge in [0, 0.05) is 11.0 Å². The fraction of sp³-hybridized carbons (Fsp3) is 0.125. The molecule has 0 fully saturated rings. The normalized spacial score (nSPS) is 15.8. The lowest BCUT2D eigenvalue weighted by Crippen LogP contribution is -2.28. The first-order valence-electron chi connectivity index (χ1n) is 9.77. The minimum atomic E-state index is -0.102. The summed E-state index contributed by atoms with van der Waals surface area (Å²) < 4.78 is 2.62. The van der Waals surface area contributed by atoms with Crippen LogP contribution in [0.15, 0.2) is 87.2 Å². The Morgan fingerprint density at radius 3 is 2.50 bits per heavy atom. The predicted molar refractivity (Wildman–Crippen MR) is 123 cm³/mol. The Hall–Kier alpha value is -3.25. The van der Waals surface area contributed by atoms with Gasteiger partial charge in [0.05, 0.1) is 22.5 Å². The molecule has 0 aliphatic carbocycles. The molecule has 148 valence electrons. The van der Waals surface area contributed by atoms with Gasteiger partial charge in [-0.05, 0) is 48.9 Å². The van der Waals surface area contributed by atoms with Crippen LogP contribution in [0.1, 0.15) is 22.9 Å². The van der Waals surface area contributed by atoms with Gasteiger partial charge < -0.3 is 5.43 Å². The maximum atomic E-state index is 13.5. The molecular formula is C24H19BrN4O. The maximum Gasteiger partial charge on any atom is 0.266 e. The van der Waals surface area contributed by atoms with Crippen LogP contribution in [0, 0.1) is 6.92 Å². The fourth-order valence-electron chi connectivity index (χ4n) is 3.81. The molecule has 0 saturated carbocycles. The molecule has 0 bridgehead atoms. The summed E-state index contributed by atoms with van der Waals surface area (Å²) in [7, 11) is 0. The van der Waals surface area contributed by atoms with E-state index in [0.717, 1.165) is 21.4 Å². The molecule has 1 aliphatic heterocycles. The van der Waals surface area contributed by atoms with E-state index in [4.69, 9.17) is 4.98 Å². The first-order valence-corrected chi connectivity index (χ1v) is 10.6. The lowest BCUT2D eigenvalue weighted by atomic mass is 9.93. The van der Waals surface area contributed by atoms with Crippen LogP contribution in [0.5, 0.6) is 0 Å². The van der Waals surface area contributed by atoms with E-state index < -0.39 is 0 Å². The summed E-state index contributed by atoms with van der Waals surface area (Å²) in [5, 5.41) is 5.16. The Morgan fingerprint density at radius 1 is 1.00 bits per heavy atom. The van der Waals surface area contributed by atoms with Crippen molar-refractivity contribution in [2.24, 2.45) is 5.10 Å². The van der Waals surface area contributed by atoms with Crippen molar-refractivity contribution < 1.29 is 0 Å². The molecule has 0 amide bonds. The topological polar surface area (TPSA) is 59.3 Å². The van der Waals surface area contributed by atoms with Gasteiger partial charge in [0.2, 0.25) is 0 Å². The van der Waals surface area contributed by atoms with Gasteiger partial charge in [-0.1, -0.05) is 57.9 Å². The summed E-state index contributed by atoms with van der Waals surface area (Å²) in [6, 6.07) is 23.5. The lowest BCUT2D eigenvalue weighted by molar-refractivity contribution is 0.762. The van der Waals surface area contributed by atoms with E-state index in [-0.39, 0.29) is 11.5 Å². The molecule has 5 nitrogen and oxygen atoms in total. The average Bonchev–Trinajstić information content (AvgIpc) is 3.25. The van der Waals surface area contributed by atoms with Crippen molar-refractivity contribution in [2.45, 2.75) is 12.8 Å². The number of hydrogen-bond donors (Lipinski definition) is 1. The summed E-state index contributed by atoms with van der Waals surface area (Å²) in [5.41, 5.74) is 7.56. The molecular weight excluding hydrogens is 440 g/mol. The highest BCUT2D eigenvalue weighted by Gasteiger charge is 2.29. The van der Waals surface area contributed by atoms with Gasteiger partial charge in [0.15, 0.2) is 5.82 Å². The van der Waals surface area contributed by atoms with Crippen molar-refractivity contribution in [1.29, 1.82) is 0 Å². The van der Waals surface area contributed by atoms with E-state index in [0.29, 0.717) is 23.3 Å². The number of aromatic nitrogens is 2. The number of nitrogens with zero attached hydrogens (tertiary/aromatic N) is 3. The van der Waals surface area contributed by atoms with Gasteiger partial charge in [0.1, 0.15) is 5.71 Å². The molecule has 3 aromatic carbocycles. The summed E-state index contributed by atoms with van der Waals surface area (Å²) in [5.74, 6) is 0.581. The molecule has 5 rings (SSSR count). The summed E-state index contributed by atoms with van der Waals surface area (Å²) in [4.78, 5) is 18.4. The average molecular weight is 459 g/mol. The minimum absolute atomic E-state index is 0.0142. The van der Waals surface area contributed by atoms with E-state index in [2.05, 4.69) is 57.6 Å². The molecule has 0 spiro atoms. The first kappa shape index (κ1) is 18.8. The van der Waals surface area contributed by atoms with Crippen LogP contribution in [0.4, 0.5) is 0 Å². The Balaban J connectivity index is 1.75. The van der Waals surface area contributed by atoms with Gasteiger partial charge in [-0.3, -0.25) is 9.36 Å². The van der Waals surface area contributed by atoms with Crippen molar-refractivity contribution >= 4 is 32.5 Å². The molecule has 1 unspecified atom stereocenters. The number of aryl methyl sites for hydroxylation is 1. The van der Waals surface area contributed by atoms with Crippen LogP contribution in [0.2, 0.25) is 0 Å². The van der Waals surface area contributed by atoms with E-state index in [1.165, 1.54) is 5.56 Å². The standard InChI is InChI=1S/C24H19BrN4O/c1-15-6-8-16(9-7-15)20-14-26-28-22(20)23-27-21-5-3-2-4-19(21)24(30)29(23)18-12-10-17(25)11-13-18/h2-13,20,26H,14H2,1H3.